The maximum Gasteiger partial charge on any atom is 0.162 e. The van der Waals surface area contributed by atoms with Gasteiger partial charge in [0.05, 0.1) is 10.7 Å². The zero-order valence-corrected chi connectivity index (χ0v) is 12.3. The maximum absolute atomic E-state index is 4.55. The molecule has 0 fully saturated rings. The Balaban J connectivity index is 2.54. The summed E-state index contributed by atoms with van der Waals surface area (Å²) in [4.78, 5) is 9.04. The lowest BCUT2D eigenvalue weighted by atomic mass is 10.3. The van der Waals surface area contributed by atoms with Crippen LogP contribution in [-0.2, 0) is 6.42 Å². The molecule has 0 bridgehead atoms. The van der Waals surface area contributed by atoms with E-state index >= 15 is 0 Å². The maximum atomic E-state index is 4.55. The molecule has 6 heteroatoms. The summed E-state index contributed by atoms with van der Waals surface area (Å²) in [6.45, 7) is 6.94. The van der Waals surface area contributed by atoms with Crippen LogP contribution >= 0.6 is 15.9 Å². The molecule has 96 valence electrons. The molecule has 0 unspecified atom stereocenters. The Morgan fingerprint density at radius 3 is 2.67 bits per heavy atom. The van der Waals surface area contributed by atoms with Gasteiger partial charge in [0, 0.05) is 24.7 Å². The first kappa shape index (κ1) is 13.0. The second-order valence-electron chi connectivity index (χ2n) is 3.92. The molecule has 0 spiro atoms. The number of aryl methyl sites for hydroxylation is 1. The summed E-state index contributed by atoms with van der Waals surface area (Å²) in [5.41, 5.74) is 1.00. The van der Waals surface area contributed by atoms with Gasteiger partial charge in [-0.2, -0.15) is 5.10 Å². The largest absolute Gasteiger partial charge is 0.370 e. The number of aromatic nitrogens is 4. The Morgan fingerprint density at radius 2 is 2.11 bits per heavy atom. The van der Waals surface area contributed by atoms with Crippen molar-refractivity contribution in [3.8, 4) is 5.82 Å². The molecule has 0 aliphatic carbocycles. The Kier molecular flexibility index (Phi) is 3.96. The Bertz CT molecular complexity index is 549. The van der Waals surface area contributed by atoms with Gasteiger partial charge in [-0.05, 0) is 29.8 Å². The molecule has 1 N–H and O–H groups in total. The van der Waals surface area contributed by atoms with Gasteiger partial charge in [-0.1, -0.05) is 6.92 Å². The number of halogens is 1. The van der Waals surface area contributed by atoms with E-state index in [0.717, 1.165) is 40.5 Å². The molecule has 0 aromatic carbocycles. The summed E-state index contributed by atoms with van der Waals surface area (Å²) in [6, 6.07) is 0. The molecule has 0 saturated carbocycles. The van der Waals surface area contributed by atoms with Crippen molar-refractivity contribution in [2.45, 2.75) is 27.2 Å². The smallest absolute Gasteiger partial charge is 0.162 e. The quantitative estimate of drug-likeness (QED) is 0.943. The molecule has 0 amide bonds. The fraction of sp³-hybridized carbons (Fsp3) is 0.417. The van der Waals surface area contributed by atoms with Gasteiger partial charge in [0.1, 0.15) is 11.6 Å². The van der Waals surface area contributed by atoms with Gasteiger partial charge < -0.3 is 5.32 Å². The van der Waals surface area contributed by atoms with Crippen LogP contribution in [0.15, 0.2) is 16.9 Å². The predicted octanol–water partition coefficient (Wildman–Crippen LogP) is 2.73. The zero-order valence-electron chi connectivity index (χ0n) is 10.7. The second-order valence-corrected chi connectivity index (χ2v) is 4.84. The summed E-state index contributed by atoms with van der Waals surface area (Å²) in [5, 5.41) is 7.54. The van der Waals surface area contributed by atoms with Crippen LogP contribution in [-0.4, -0.2) is 26.3 Å². The molecule has 2 heterocycles. The van der Waals surface area contributed by atoms with E-state index in [2.05, 4.69) is 43.2 Å². The number of hydrogen-bond acceptors (Lipinski definition) is 4. The molecule has 18 heavy (non-hydrogen) atoms. The van der Waals surface area contributed by atoms with Crippen molar-refractivity contribution >= 4 is 21.7 Å². The lowest BCUT2D eigenvalue weighted by molar-refractivity contribution is 0.803. The topological polar surface area (TPSA) is 55.6 Å². The van der Waals surface area contributed by atoms with Crippen molar-refractivity contribution in [3.63, 3.8) is 0 Å². The first-order valence-electron chi connectivity index (χ1n) is 5.97. The molecule has 2 aromatic heterocycles. The normalized spacial score (nSPS) is 10.7. The SMILES string of the molecule is CCNc1nc(CC)nc(-n2cc(Br)cn2)c1C. The highest BCUT2D eigenvalue weighted by Crippen LogP contribution is 2.20. The first-order chi connectivity index (χ1) is 8.65. The second kappa shape index (κ2) is 5.48. The summed E-state index contributed by atoms with van der Waals surface area (Å²) in [5.74, 6) is 2.52. The third-order valence-electron chi connectivity index (χ3n) is 2.59. The van der Waals surface area contributed by atoms with Gasteiger partial charge in [-0.3, -0.25) is 0 Å². The summed E-state index contributed by atoms with van der Waals surface area (Å²) in [6.07, 6.45) is 4.44. The molecule has 2 aromatic rings. The van der Waals surface area contributed by atoms with Crippen LogP contribution in [0.3, 0.4) is 0 Å². The predicted molar refractivity (Wildman–Crippen MR) is 75.1 cm³/mol. The van der Waals surface area contributed by atoms with Crippen LogP contribution in [0.2, 0.25) is 0 Å². The third kappa shape index (κ3) is 2.53. The first-order valence-corrected chi connectivity index (χ1v) is 6.77. The average Bonchev–Trinajstić information content (AvgIpc) is 2.78. The van der Waals surface area contributed by atoms with Gasteiger partial charge in [0.2, 0.25) is 0 Å². The molecule has 0 aliphatic heterocycles. The van der Waals surface area contributed by atoms with Crippen molar-refractivity contribution in [1.29, 1.82) is 0 Å². The van der Waals surface area contributed by atoms with E-state index in [1.165, 1.54) is 0 Å². The highest BCUT2D eigenvalue weighted by atomic mass is 79.9. The fourth-order valence-electron chi connectivity index (χ4n) is 1.69. The summed E-state index contributed by atoms with van der Waals surface area (Å²) in [7, 11) is 0. The molecule has 2 rings (SSSR count). The van der Waals surface area contributed by atoms with Crippen LogP contribution in [0.25, 0.3) is 5.82 Å². The van der Waals surface area contributed by atoms with Crippen molar-refractivity contribution in [1.82, 2.24) is 19.7 Å². The van der Waals surface area contributed by atoms with Gasteiger partial charge in [0.15, 0.2) is 5.82 Å². The average molecular weight is 310 g/mol. The number of nitrogens with zero attached hydrogens (tertiary/aromatic N) is 4. The lowest BCUT2D eigenvalue weighted by Gasteiger charge is -2.12. The summed E-state index contributed by atoms with van der Waals surface area (Å²) >= 11 is 3.40. The fourth-order valence-corrected chi connectivity index (χ4v) is 1.97. The number of anilines is 1. The third-order valence-corrected chi connectivity index (χ3v) is 3.00. The molecule has 5 nitrogen and oxygen atoms in total. The van der Waals surface area contributed by atoms with Gasteiger partial charge >= 0.3 is 0 Å². The van der Waals surface area contributed by atoms with Crippen molar-refractivity contribution < 1.29 is 0 Å². The minimum Gasteiger partial charge on any atom is -0.370 e. The van der Waals surface area contributed by atoms with E-state index in [1.807, 2.05) is 20.0 Å². The zero-order chi connectivity index (χ0) is 13.1. The van der Waals surface area contributed by atoms with E-state index in [-0.39, 0.29) is 0 Å². The number of nitrogens with one attached hydrogen (secondary N) is 1. The van der Waals surface area contributed by atoms with Crippen LogP contribution in [0.5, 0.6) is 0 Å². The van der Waals surface area contributed by atoms with E-state index < -0.39 is 0 Å². The lowest BCUT2D eigenvalue weighted by Crippen LogP contribution is -2.11. The van der Waals surface area contributed by atoms with Crippen molar-refractivity contribution in [2.24, 2.45) is 0 Å². The molecule has 0 saturated heterocycles. The molecule has 0 atom stereocenters. The molecular weight excluding hydrogens is 294 g/mol. The van der Waals surface area contributed by atoms with E-state index in [1.54, 1.807) is 10.9 Å². The monoisotopic (exact) mass is 309 g/mol. The van der Waals surface area contributed by atoms with Gasteiger partial charge in [0.25, 0.3) is 0 Å². The van der Waals surface area contributed by atoms with E-state index in [0.29, 0.717) is 0 Å². The number of hydrogen-bond donors (Lipinski definition) is 1. The highest BCUT2D eigenvalue weighted by Gasteiger charge is 2.12. The standard InChI is InChI=1S/C12H16BrN5/c1-4-10-16-11(14-5-2)8(3)12(17-10)18-7-9(13)6-15-18/h6-7H,4-5H2,1-3H3,(H,14,16,17). The van der Waals surface area contributed by atoms with E-state index in [9.17, 15) is 0 Å². The molecular formula is C12H16BrN5. The van der Waals surface area contributed by atoms with Crippen LogP contribution < -0.4 is 5.32 Å². The minimum absolute atomic E-state index is 0.800. The van der Waals surface area contributed by atoms with Crippen LogP contribution in [0, 0.1) is 6.92 Å². The Hall–Kier alpha value is -1.43. The van der Waals surface area contributed by atoms with Crippen molar-refractivity contribution in [2.75, 3.05) is 11.9 Å². The number of rotatable bonds is 4. The highest BCUT2D eigenvalue weighted by molar-refractivity contribution is 9.10. The van der Waals surface area contributed by atoms with Crippen LogP contribution in [0.1, 0.15) is 25.2 Å². The molecule has 0 radical (unpaired) electrons. The Labute approximate surface area is 115 Å². The summed E-state index contributed by atoms with van der Waals surface area (Å²) < 4.78 is 2.70. The van der Waals surface area contributed by atoms with Gasteiger partial charge in [-0.15, -0.1) is 0 Å². The minimum atomic E-state index is 0.800. The van der Waals surface area contributed by atoms with Crippen LogP contribution in [0.4, 0.5) is 5.82 Å². The van der Waals surface area contributed by atoms with Gasteiger partial charge in [-0.25, -0.2) is 14.6 Å². The molecule has 0 aliphatic rings. The Morgan fingerprint density at radius 1 is 1.33 bits per heavy atom. The van der Waals surface area contributed by atoms with Crippen molar-refractivity contribution in [3.05, 3.63) is 28.3 Å². The van der Waals surface area contributed by atoms with E-state index in [4.69, 9.17) is 0 Å².